The van der Waals surface area contributed by atoms with Crippen LogP contribution in [0, 0.1) is 0 Å². The Bertz CT molecular complexity index is 206. The Hall–Kier alpha value is 0.540. The van der Waals surface area contributed by atoms with E-state index in [1.807, 2.05) is 0 Å². The van der Waals surface area contributed by atoms with Gasteiger partial charge in [-0.05, 0) is 25.7 Å². The van der Waals surface area contributed by atoms with Crippen molar-refractivity contribution < 1.29 is 16.9 Å². The summed E-state index contributed by atoms with van der Waals surface area (Å²) in [5, 5.41) is 0. The van der Waals surface area contributed by atoms with Gasteiger partial charge in [0, 0.05) is 12.3 Å². The molecule has 0 aliphatic rings. The third-order valence-electron chi connectivity index (χ3n) is 4.93. The highest BCUT2D eigenvalue weighted by atomic mass is 35.5. The molecule has 0 N–H and O–H groups in total. The topological polar surface area (TPSA) is 0 Å². The first-order valence-corrected chi connectivity index (χ1v) is 10.6. The molecule has 0 aliphatic carbocycles. The van der Waals surface area contributed by atoms with E-state index in [9.17, 15) is 0 Å². The van der Waals surface area contributed by atoms with Crippen LogP contribution in [0.15, 0.2) is 0 Å². The van der Waals surface area contributed by atoms with Gasteiger partial charge < -0.3 is 16.9 Å². The van der Waals surface area contributed by atoms with Gasteiger partial charge in [0.25, 0.3) is 0 Å². The largest absolute Gasteiger partial charge is 1.00 e. The van der Waals surface area contributed by atoms with Gasteiger partial charge in [-0.3, -0.25) is 0 Å². The molecule has 0 saturated heterocycles. The van der Waals surface area contributed by atoms with Crippen LogP contribution in [0.2, 0.25) is 0 Å². The highest BCUT2D eigenvalue weighted by Gasteiger charge is 2.19. The number of halogens is 2. The van der Waals surface area contributed by atoms with Crippen molar-refractivity contribution in [3.05, 3.63) is 0 Å². The van der Waals surface area contributed by atoms with Crippen LogP contribution in [0.5, 0.6) is 0 Å². The van der Waals surface area contributed by atoms with E-state index < -0.39 is 0 Å². The molecular weight excluding hydrogens is 325 g/mol. The van der Waals surface area contributed by atoms with Crippen molar-refractivity contribution >= 4 is 11.6 Å². The van der Waals surface area contributed by atoms with E-state index in [2.05, 4.69) is 20.9 Å². The zero-order valence-electron chi connectivity index (χ0n) is 16.2. The minimum absolute atomic E-state index is 0. The van der Waals surface area contributed by atoms with Crippen molar-refractivity contribution in [1.29, 1.82) is 0 Å². The van der Waals surface area contributed by atoms with Gasteiger partial charge in [0.1, 0.15) is 0 Å². The summed E-state index contributed by atoms with van der Waals surface area (Å²) in [6.45, 7) is 8.57. The van der Waals surface area contributed by atoms with Crippen molar-refractivity contribution in [1.82, 2.24) is 0 Å². The molecule has 0 aromatic carbocycles. The second-order valence-electron chi connectivity index (χ2n) is 7.37. The van der Waals surface area contributed by atoms with E-state index in [0.717, 1.165) is 5.88 Å². The van der Waals surface area contributed by atoms with Crippen LogP contribution < -0.4 is 12.4 Å². The summed E-state index contributed by atoms with van der Waals surface area (Å²) in [5.41, 5.74) is 0. The van der Waals surface area contributed by atoms with E-state index in [0.29, 0.717) is 0 Å². The third-order valence-corrected chi connectivity index (χ3v) is 5.20. The molecule has 0 fully saturated rings. The number of hydrogen-bond donors (Lipinski definition) is 0. The zero-order valence-corrected chi connectivity index (χ0v) is 17.7. The molecule has 3 heteroatoms. The average molecular weight is 368 g/mol. The van der Waals surface area contributed by atoms with Gasteiger partial charge in [0.15, 0.2) is 0 Å². The summed E-state index contributed by atoms with van der Waals surface area (Å²) in [6.07, 6.45) is 18.1. The molecule has 0 aromatic heterocycles. The molecule has 0 heterocycles. The number of nitrogens with zero attached hydrogens (tertiary/aromatic N) is 1. The Kier molecular flexibility index (Phi) is 21.2. The summed E-state index contributed by atoms with van der Waals surface area (Å²) in [4.78, 5) is 0. The number of quaternary nitrogens is 1. The van der Waals surface area contributed by atoms with Gasteiger partial charge in [-0.2, -0.15) is 0 Å². The molecular formula is C20H43Cl2N. The Morgan fingerprint density at radius 2 is 0.913 bits per heavy atom. The van der Waals surface area contributed by atoms with E-state index in [1.165, 1.54) is 108 Å². The van der Waals surface area contributed by atoms with Crippen LogP contribution >= 0.6 is 11.6 Å². The fourth-order valence-corrected chi connectivity index (χ4v) is 3.44. The minimum Gasteiger partial charge on any atom is -1.00 e. The molecule has 0 rings (SSSR count). The van der Waals surface area contributed by atoms with Gasteiger partial charge in [-0.25, -0.2) is 0 Å². The maximum atomic E-state index is 5.93. The maximum Gasteiger partial charge on any atom is 0.0796 e. The van der Waals surface area contributed by atoms with Crippen LogP contribution in [-0.4, -0.2) is 37.0 Å². The first kappa shape index (κ1) is 25.8. The number of rotatable bonds is 17. The normalized spacial score (nSPS) is 11.5. The lowest BCUT2D eigenvalue weighted by Crippen LogP contribution is -3.00. The van der Waals surface area contributed by atoms with Gasteiger partial charge in [0.05, 0.1) is 26.7 Å². The first-order valence-electron chi connectivity index (χ1n) is 10.1. The molecule has 0 aromatic rings. The highest BCUT2D eigenvalue weighted by molar-refractivity contribution is 6.17. The number of alkyl halides is 1. The van der Waals surface area contributed by atoms with Crippen LogP contribution in [-0.2, 0) is 0 Å². The SMILES string of the molecule is CCCCCCCC[N+](C)(CCCCl)CCCCCCCC.[Cl-]. The highest BCUT2D eigenvalue weighted by Crippen LogP contribution is 2.14. The van der Waals surface area contributed by atoms with E-state index in [-0.39, 0.29) is 12.4 Å². The van der Waals surface area contributed by atoms with Crippen molar-refractivity contribution in [2.75, 3.05) is 32.6 Å². The molecule has 0 amide bonds. The third kappa shape index (κ3) is 17.2. The molecule has 0 radical (unpaired) electrons. The number of unbranched alkanes of at least 4 members (excludes halogenated alkanes) is 10. The second-order valence-corrected chi connectivity index (χ2v) is 7.75. The van der Waals surface area contributed by atoms with Gasteiger partial charge in [0.2, 0.25) is 0 Å². The molecule has 23 heavy (non-hydrogen) atoms. The summed E-state index contributed by atoms with van der Waals surface area (Å²) in [7, 11) is 2.46. The van der Waals surface area contributed by atoms with Crippen molar-refractivity contribution in [3.63, 3.8) is 0 Å². The molecule has 0 unspecified atom stereocenters. The predicted octanol–water partition coefficient (Wildman–Crippen LogP) is 3.79. The lowest BCUT2D eigenvalue weighted by molar-refractivity contribution is -0.910. The molecule has 0 atom stereocenters. The zero-order chi connectivity index (χ0) is 16.5. The van der Waals surface area contributed by atoms with Crippen LogP contribution in [0.1, 0.15) is 97.3 Å². The minimum atomic E-state index is 0. The smallest absolute Gasteiger partial charge is 0.0796 e. The molecule has 0 saturated carbocycles. The van der Waals surface area contributed by atoms with E-state index in [1.54, 1.807) is 0 Å². The Balaban J connectivity index is 0. The summed E-state index contributed by atoms with van der Waals surface area (Å²) in [6, 6.07) is 0. The standard InChI is InChI=1S/C20H43ClN.ClH/c1-4-6-8-10-12-14-18-22(3,20-16-17-21)19-15-13-11-9-7-5-2;/h4-20H2,1-3H3;1H/q+1;/p-1. The fraction of sp³-hybridized carbons (Fsp3) is 1.00. The Morgan fingerprint density at radius 1 is 0.565 bits per heavy atom. The van der Waals surface area contributed by atoms with Gasteiger partial charge >= 0.3 is 0 Å². The fourth-order valence-electron chi connectivity index (χ4n) is 3.32. The first-order chi connectivity index (χ1) is 10.7. The van der Waals surface area contributed by atoms with E-state index in [4.69, 9.17) is 11.6 Å². The summed E-state index contributed by atoms with van der Waals surface area (Å²) < 4.78 is 1.26. The predicted molar refractivity (Wildman–Crippen MR) is 103 cm³/mol. The van der Waals surface area contributed by atoms with Gasteiger partial charge in [-0.1, -0.05) is 65.2 Å². The summed E-state index contributed by atoms with van der Waals surface area (Å²) >= 11 is 5.93. The lowest BCUT2D eigenvalue weighted by atomic mass is 10.1. The monoisotopic (exact) mass is 367 g/mol. The molecule has 0 spiro atoms. The van der Waals surface area contributed by atoms with E-state index >= 15 is 0 Å². The Labute approximate surface area is 158 Å². The van der Waals surface area contributed by atoms with Crippen molar-refractivity contribution in [2.24, 2.45) is 0 Å². The van der Waals surface area contributed by atoms with Crippen LogP contribution in [0.25, 0.3) is 0 Å². The van der Waals surface area contributed by atoms with Crippen molar-refractivity contribution in [2.45, 2.75) is 97.3 Å². The van der Waals surface area contributed by atoms with Crippen molar-refractivity contribution in [3.8, 4) is 0 Å². The second kappa shape index (κ2) is 18.9. The summed E-state index contributed by atoms with van der Waals surface area (Å²) in [5.74, 6) is 0.820. The molecule has 1 nitrogen and oxygen atoms in total. The molecule has 0 aliphatic heterocycles. The molecule has 142 valence electrons. The molecule has 0 bridgehead atoms. The van der Waals surface area contributed by atoms with Crippen LogP contribution in [0.3, 0.4) is 0 Å². The lowest BCUT2D eigenvalue weighted by Gasteiger charge is -2.35. The number of hydrogen-bond acceptors (Lipinski definition) is 0. The average Bonchev–Trinajstić information content (AvgIpc) is 2.52. The Morgan fingerprint density at radius 3 is 1.30 bits per heavy atom. The maximum absolute atomic E-state index is 5.93. The van der Waals surface area contributed by atoms with Crippen LogP contribution in [0.4, 0.5) is 0 Å². The van der Waals surface area contributed by atoms with Gasteiger partial charge in [-0.15, -0.1) is 11.6 Å². The quantitative estimate of drug-likeness (QED) is 0.208.